The first-order valence-electron chi connectivity index (χ1n) is 8.02. The van der Waals surface area contributed by atoms with Gasteiger partial charge in [-0.2, -0.15) is 0 Å². The fourth-order valence-corrected chi connectivity index (χ4v) is 2.81. The third-order valence-corrected chi connectivity index (χ3v) is 4.48. The number of halogens is 1. The smallest absolute Gasteiger partial charge is 0.338 e. The van der Waals surface area contributed by atoms with Gasteiger partial charge < -0.3 is 13.9 Å². The minimum atomic E-state index is -0.702. The van der Waals surface area contributed by atoms with E-state index >= 15 is 0 Å². The normalized spacial score (nSPS) is 10.7. The Bertz CT molecular complexity index is 1150. The summed E-state index contributed by atoms with van der Waals surface area (Å²) in [6, 6.07) is 8.24. The second kappa shape index (κ2) is 7.69. The van der Waals surface area contributed by atoms with Crippen molar-refractivity contribution in [2.75, 3.05) is 7.11 Å². The second-order valence-corrected chi connectivity index (χ2v) is 6.32. The Labute approximate surface area is 163 Å². The summed E-state index contributed by atoms with van der Waals surface area (Å²) < 4.78 is 15.3. The van der Waals surface area contributed by atoms with E-state index in [2.05, 4.69) is 4.74 Å². The van der Waals surface area contributed by atoms with Crippen molar-refractivity contribution >= 4 is 34.2 Å². The third-order valence-electron chi connectivity index (χ3n) is 4.07. The number of nitro benzene ring substituents is 1. The zero-order chi connectivity index (χ0) is 20.4. The average Bonchev–Trinajstić information content (AvgIpc) is 2.66. The van der Waals surface area contributed by atoms with Gasteiger partial charge in [0.25, 0.3) is 0 Å². The SMILES string of the molecule is COC(=O)c1ccc(OCc2cc(=O)oc3cc(C)c(Cl)cc23)c([N+](=O)[O-])c1. The first-order chi connectivity index (χ1) is 13.3. The lowest BCUT2D eigenvalue weighted by atomic mass is 10.1. The standard InChI is InChI=1S/C19H14ClNO7/c1-10-5-17-13(8-14(10)20)12(7-18(22)28-17)9-27-16-4-3-11(19(23)26-2)6-15(16)21(24)25/h3-8H,9H2,1-2H3. The number of carbonyl (C=O) groups excluding carboxylic acids is 1. The fraction of sp³-hybridized carbons (Fsp3) is 0.158. The number of methoxy groups -OCH3 is 1. The highest BCUT2D eigenvalue weighted by molar-refractivity contribution is 6.32. The van der Waals surface area contributed by atoms with Crippen LogP contribution in [0.1, 0.15) is 21.5 Å². The van der Waals surface area contributed by atoms with Gasteiger partial charge in [0, 0.05) is 28.1 Å². The summed E-state index contributed by atoms with van der Waals surface area (Å²) in [5, 5.41) is 12.4. The molecule has 144 valence electrons. The Morgan fingerprint density at radius 2 is 2.00 bits per heavy atom. The minimum absolute atomic E-state index is 0.0228. The van der Waals surface area contributed by atoms with E-state index in [-0.39, 0.29) is 17.9 Å². The fourth-order valence-electron chi connectivity index (χ4n) is 2.65. The lowest BCUT2D eigenvalue weighted by Crippen LogP contribution is -2.06. The molecule has 3 rings (SSSR count). The molecule has 0 aliphatic carbocycles. The molecule has 0 saturated carbocycles. The molecule has 2 aromatic carbocycles. The quantitative estimate of drug-likeness (QED) is 0.274. The summed E-state index contributed by atoms with van der Waals surface area (Å²) in [5.74, 6) is -0.761. The molecule has 0 amide bonds. The van der Waals surface area contributed by atoms with Gasteiger partial charge in [0.15, 0.2) is 5.75 Å². The van der Waals surface area contributed by atoms with Crippen LogP contribution in [0.15, 0.2) is 45.6 Å². The van der Waals surface area contributed by atoms with Gasteiger partial charge >= 0.3 is 17.3 Å². The van der Waals surface area contributed by atoms with Crippen molar-refractivity contribution in [1.82, 2.24) is 0 Å². The molecule has 9 heteroatoms. The largest absolute Gasteiger partial charge is 0.482 e. The van der Waals surface area contributed by atoms with E-state index in [9.17, 15) is 19.7 Å². The van der Waals surface area contributed by atoms with E-state index in [4.69, 9.17) is 20.8 Å². The number of ether oxygens (including phenoxy) is 2. The van der Waals surface area contributed by atoms with Crippen LogP contribution in [-0.4, -0.2) is 18.0 Å². The topological polar surface area (TPSA) is 109 Å². The lowest BCUT2D eigenvalue weighted by molar-refractivity contribution is -0.386. The monoisotopic (exact) mass is 403 g/mol. The Morgan fingerprint density at radius 3 is 2.68 bits per heavy atom. The van der Waals surface area contributed by atoms with Crippen LogP contribution >= 0.6 is 11.6 Å². The van der Waals surface area contributed by atoms with E-state index in [1.807, 2.05) is 0 Å². The molecule has 0 spiro atoms. The van der Waals surface area contributed by atoms with Crippen molar-refractivity contribution < 1.29 is 23.6 Å². The highest BCUT2D eigenvalue weighted by atomic mass is 35.5. The molecule has 1 aromatic heterocycles. The van der Waals surface area contributed by atoms with Crippen LogP contribution in [0.5, 0.6) is 5.75 Å². The van der Waals surface area contributed by atoms with Crippen molar-refractivity contribution in [2.24, 2.45) is 0 Å². The number of hydrogen-bond donors (Lipinski definition) is 0. The maximum absolute atomic E-state index is 11.8. The van der Waals surface area contributed by atoms with E-state index in [0.29, 0.717) is 21.6 Å². The van der Waals surface area contributed by atoms with Crippen LogP contribution in [0.3, 0.4) is 0 Å². The van der Waals surface area contributed by atoms with Crippen molar-refractivity contribution in [3.8, 4) is 5.75 Å². The molecule has 1 heterocycles. The van der Waals surface area contributed by atoms with Crippen LogP contribution in [-0.2, 0) is 11.3 Å². The highest BCUT2D eigenvalue weighted by Crippen LogP contribution is 2.30. The van der Waals surface area contributed by atoms with E-state index in [1.54, 1.807) is 19.1 Å². The Kier molecular flexibility index (Phi) is 5.32. The van der Waals surface area contributed by atoms with Gasteiger partial charge in [-0.05, 0) is 36.8 Å². The van der Waals surface area contributed by atoms with Crippen LogP contribution in [0.25, 0.3) is 11.0 Å². The van der Waals surface area contributed by atoms with Gasteiger partial charge in [-0.3, -0.25) is 10.1 Å². The molecule has 0 radical (unpaired) electrons. The van der Waals surface area contributed by atoms with E-state index < -0.39 is 22.2 Å². The van der Waals surface area contributed by atoms with E-state index in [1.165, 1.54) is 25.3 Å². The van der Waals surface area contributed by atoms with Gasteiger partial charge in [-0.15, -0.1) is 0 Å². The third kappa shape index (κ3) is 3.81. The van der Waals surface area contributed by atoms with Crippen LogP contribution < -0.4 is 10.4 Å². The molecule has 3 aromatic rings. The van der Waals surface area contributed by atoms with Gasteiger partial charge in [0.1, 0.15) is 12.2 Å². The van der Waals surface area contributed by atoms with Crippen molar-refractivity contribution in [1.29, 1.82) is 0 Å². The molecule has 0 fully saturated rings. The summed E-state index contributed by atoms with van der Waals surface area (Å²) in [5.41, 5.74) is 0.578. The average molecular weight is 404 g/mol. The molecule has 0 unspecified atom stereocenters. The summed E-state index contributed by atoms with van der Waals surface area (Å²) in [4.78, 5) is 34.1. The van der Waals surface area contributed by atoms with Crippen LogP contribution in [0, 0.1) is 17.0 Å². The number of rotatable bonds is 5. The van der Waals surface area contributed by atoms with Crippen LogP contribution in [0.4, 0.5) is 5.69 Å². The number of nitrogens with zero attached hydrogens (tertiary/aromatic N) is 1. The molecule has 0 aliphatic heterocycles. The summed E-state index contributed by atoms with van der Waals surface area (Å²) >= 11 is 6.15. The lowest BCUT2D eigenvalue weighted by Gasteiger charge is -2.10. The van der Waals surface area contributed by atoms with Crippen LogP contribution in [0.2, 0.25) is 5.02 Å². The molecule has 0 N–H and O–H groups in total. The molecule has 0 bridgehead atoms. The Morgan fingerprint density at radius 1 is 1.25 bits per heavy atom. The molecule has 0 aliphatic rings. The summed E-state index contributed by atoms with van der Waals surface area (Å²) in [6.45, 7) is 1.64. The number of esters is 1. The number of nitro groups is 1. The van der Waals surface area contributed by atoms with Gasteiger partial charge in [-0.1, -0.05) is 11.6 Å². The first-order valence-corrected chi connectivity index (χ1v) is 8.40. The van der Waals surface area contributed by atoms with Crippen molar-refractivity contribution in [2.45, 2.75) is 13.5 Å². The van der Waals surface area contributed by atoms with Gasteiger partial charge in [0.05, 0.1) is 17.6 Å². The second-order valence-electron chi connectivity index (χ2n) is 5.91. The van der Waals surface area contributed by atoms with E-state index in [0.717, 1.165) is 11.6 Å². The summed E-state index contributed by atoms with van der Waals surface area (Å²) in [6.07, 6.45) is 0. The number of carbonyl (C=O) groups is 1. The molecule has 8 nitrogen and oxygen atoms in total. The molecule has 0 saturated heterocycles. The molecule has 0 atom stereocenters. The van der Waals surface area contributed by atoms with Crippen molar-refractivity contribution in [3.05, 3.63) is 78.6 Å². The zero-order valence-electron chi connectivity index (χ0n) is 14.9. The number of fused-ring (bicyclic) bond motifs is 1. The summed E-state index contributed by atoms with van der Waals surface area (Å²) in [7, 11) is 1.18. The number of aryl methyl sites for hydroxylation is 1. The molecular formula is C19H14ClNO7. The van der Waals surface area contributed by atoms with Crippen molar-refractivity contribution in [3.63, 3.8) is 0 Å². The number of benzene rings is 2. The molecule has 28 heavy (non-hydrogen) atoms. The predicted molar refractivity (Wildman–Crippen MR) is 101 cm³/mol. The highest BCUT2D eigenvalue weighted by Gasteiger charge is 2.20. The Balaban J connectivity index is 1.98. The maximum Gasteiger partial charge on any atom is 0.338 e. The maximum atomic E-state index is 11.8. The first kappa shape index (κ1) is 19.4. The Hall–Kier alpha value is -3.39. The minimum Gasteiger partial charge on any atom is -0.482 e. The van der Waals surface area contributed by atoms with Gasteiger partial charge in [-0.25, -0.2) is 9.59 Å². The molecular weight excluding hydrogens is 390 g/mol. The number of hydrogen-bond acceptors (Lipinski definition) is 7. The predicted octanol–water partition coefficient (Wildman–Crippen LogP) is 4.03. The zero-order valence-corrected chi connectivity index (χ0v) is 15.6. The van der Waals surface area contributed by atoms with Gasteiger partial charge in [0.2, 0.25) is 0 Å².